The lowest BCUT2D eigenvalue weighted by Gasteiger charge is -2.32. The standard InChI is InChI=1S/C22H22N2O2/c1-23-11-13-24(14-12-23)22(25)19-9-5-8-18(16-19)21-20(10-15-26-21)17-6-3-2-4-7-17/h2-10,15-16H,11-14H2,1H3. The van der Waals surface area contributed by atoms with Gasteiger partial charge in [0, 0.05) is 42.9 Å². The number of carbonyl (C=O) groups is 1. The number of rotatable bonds is 3. The van der Waals surface area contributed by atoms with Crippen LogP contribution in [-0.4, -0.2) is 48.9 Å². The van der Waals surface area contributed by atoms with Crippen molar-refractivity contribution in [3.05, 3.63) is 72.5 Å². The lowest BCUT2D eigenvalue weighted by Crippen LogP contribution is -2.47. The first-order valence-corrected chi connectivity index (χ1v) is 8.93. The van der Waals surface area contributed by atoms with Crippen LogP contribution in [0.3, 0.4) is 0 Å². The Hall–Kier alpha value is -2.85. The summed E-state index contributed by atoms with van der Waals surface area (Å²) in [5.41, 5.74) is 3.78. The molecule has 3 aromatic rings. The summed E-state index contributed by atoms with van der Waals surface area (Å²) >= 11 is 0. The molecular formula is C22H22N2O2. The van der Waals surface area contributed by atoms with Crippen LogP contribution in [0.2, 0.25) is 0 Å². The number of furan rings is 1. The highest BCUT2D eigenvalue weighted by molar-refractivity contribution is 5.96. The average Bonchev–Trinajstić information content (AvgIpc) is 3.19. The van der Waals surface area contributed by atoms with Gasteiger partial charge in [-0.2, -0.15) is 0 Å². The third-order valence-corrected chi connectivity index (χ3v) is 4.91. The van der Waals surface area contributed by atoms with Gasteiger partial charge >= 0.3 is 0 Å². The molecule has 26 heavy (non-hydrogen) atoms. The number of amides is 1. The summed E-state index contributed by atoms with van der Waals surface area (Å²) in [5.74, 6) is 0.886. The molecule has 0 N–H and O–H groups in total. The van der Waals surface area contributed by atoms with E-state index in [1.54, 1.807) is 6.26 Å². The second kappa shape index (κ2) is 7.18. The molecule has 0 bridgehead atoms. The topological polar surface area (TPSA) is 36.7 Å². The second-order valence-electron chi connectivity index (χ2n) is 6.71. The number of hydrogen-bond donors (Lipinski definition) is 0. The highest BCUT2D eigenvalue weighted by atomic mass is 16.3. The molecule has 2 aromatic carbocycles. The van der Waals surface area contributed by atoms with Crippen LogP contribution in [0.5, 0.6) is 0 Å². The van der Waals surface area contributed by atoms with Crippen molar-refractivity contribution in [2.24, 2.45) is 0 Å². The zero-order chi connectivity index (χ0) is 17.9. The van der Waals surface area contributed by atoms with Gasteiger partial charge < -0.3 is 14.2 Å². The van der Waals surface area contributed by atoms with Crippen molar-refractivity contribution in [3.8, 4) is 22.5 Å². The first-order chi connectivity index (χ1) is 12.7. The Morgan fingerprint density at radius 2 is 1.62 bits per heavy atom. The molecule has 4 nitrogen and oxygen atoms in total. The molecule has 1 aliphatic heterocycles. The summed E-state index contributed by atoms with van der Waals surface area (Å²) in [6, 6.07) is 19.9. The SMILES string of the molecule is CN1CCN(C(=O)c2cccc(-c3occc3-c3ccccc3)c2)CC1. The minimum absolute atomic E-state index is 0.0905. The Morgan fingerprint density at radius 1 is 0.885 bits per heavy atom. The number of carbonyl (C=O) groups excluding carboxylic acids is 1. The fraction of sp³-hybridized carbons (Fsp3) is 0.227. The molecule has 0 unspecified atom stereocenters. The quantitative estimate of drug-likeness (QED) is 0.719. The molecule has 0 spiro atoms. The maximum absolute atomic E-state index is 12.9. The van der Waals surface area contributed by atoms with Gasteiger partial charge in [0.1, 0.15) is 5.76 Å². The Morgan fingerprint density at radius 3 is 2.38 bits per heavy atom. The van der Waals surface area contributed by atoms with E-state index < -0.39 is 0 Å². The number of hydrogen-bond acceptors (Lipinski definition) is 3. The molecule has 1 fully saturated rings. The number of likely N-dealkylation sites (N-methyl/N-ethyl adjacent to an activating group) is 1. The van der Waals surface area contributed by atoms with Crippen LogP contribution in [-0.2, 0) is 0 Å². The van der Waals surface area contributed by atoms with Crippen molar-refractivity contribution in [1.29, 1.82) is 0 Å². The Labute approximate surface area is 153 Å². The first kappa shape index (κ1) is 16.6. The summed E-state index contributed by atoms with van der Waals surface area (Å²) in [6.07, 6.45) is 1.70. The minimum atomic E-state index is 0.0905. The predicted molar refractivity (Wildman–Crippen MR) is 103 cm³/mol. The van der Waals surface area contributed by atoms with Crippen molar-refractivity contribution < 1.29 is 9.21 Å². The van der Waals surface area contributed by atoms with Crippen LogP contribution in [0.1, 0.15) is 10.4 Å². The monoisotopic (exact) mass is 346 g/mol. The Balaban J connectivity index is 1.63. The van der Waals surface area contributed by atoms with Crippen LogP contribution in [0.15, 0.2) is 71.3 Å². The van der Waals surface area contributed by atoms with Crippen LogP contribution in [0.25, 0.3) is 22.5 Å². The molecule has 1 aliphatic rings. The molecule has 1 saturated heterocycles. The van der Waals surface area contributed by atoms with Gasteiger partial charge in [0.15, 0.2) is 0 Å². The van der Waals surface area contributed by atoms with E-state index in [1.807, 2.05) is 53.4 Å². The molecule has 0 radical (unpaired) electrons. The highest BCUT2D eigenvalue weighted by Crippen LogP contribution is 2.33. The molecule has 4 rings (SSSR count). The smallest absolute Gasteiger partial charge is 0.253 e. The van der Waals surface area contributed by atoms with E-state index in [9.17, 15) is 4.79 Å². The Bertz CT molecular complexity index is 893. The summed E-state index contributed by atoms with van der Waals surface area (Å²) in [6.45, 7) is 3.38. The second-order valence-corrected chi connectivity index (χ2v) is 6.71. The third kappa shape index (κ3) is 3.28. The van der Waals surface area contributed by atoms with E-state index in [0.29, 0.717) is 5.56 Å². The molecule has 0 aliphatic carbocycles. The maximum Gasteiger partial charge on any atom is 0.253 e. The number of nitrogens with zero attached hydrogens (tertiary/aromatic N) is 2. The highest BCUT2D eigenvalue weighted by Gasteiger charge is 2.21. The average molecular weight is 346 g/mol. The van der Waals surface area contributed by atoms with E-state index in [4.69, 9.17) is 4.42 Å². The van der Waals surface area contributed by atoms with Gasteiger partial charge in [0.05, 0.1) is 6.26 Å². The first-order valence-electron chi connectivity index (χ1n) is 8.93. The normalized spacial score (nSPS) is 15.2. The Kier molecular flexibility index (Phi) is 4.59. The van der Waals surface area contributed by atoms with Gasteiger partial charge in [-0.25, -0.2) is 0 Å². The van der Waals surface area contributed by atoms with E-state index >= 15 is 0 Å². The van der Waals surface area contributed by atoms with Crippen molar-refractivity contribution in [2.75, 3.05) is 33.2 Å². The summed E-state index contributed by atoms with van der Waals surface area (Å²) in [5, 5.41) is 0. The van der Waals surface area contributed by atoms with Crippen molar-refractivity contribution in [1.82, 2.24) is 9.80 Å². The van der Waals surface area contributed by atoms with Gasteiger partial charge in [-0.1, -0.05) is 42.5 Å². The predicted octanol–water partition coefficient (Wildman–Crippen LogP) is 4.00. The van der Waals surface area contributed by atoms with Crippen LogP contribution in [0, 0.1) is 0 Å². The molecule has 0 atom stereocenters. The van der Waals surface area contributed by atoms with E-state index in [-0.39, 0.29) is 5.91 Å². The molecule has 1 aromatic heterocycles. The van der Waals surface area contributed by atoms with E-state index in [1.165, 1.54) is 0 Å². The fourth-order valence-electron chi connectivity index (χ4n) is 3.36. The van der Waals surface area contributed by atoms with Crippen molar-refractivity contribution in [2.45, 2.75) is 0 Å². The molecule has 1 amide bonds. The fourth-order valence-corrected chi connectivity index (χ4v) is 3.36. The number of piperazine rings is 1. The maximum atomic E-state index is 12.9. The third-order valence-electron chi connectivity index (χ3n) is 4.91. The van der Waals surface area contributed by atoms with Gasteiger partial charge in [-0.15, -0.1) is 0 Å². The van der Waals surface area contributed by atoms with E-state index in [0.717, 1.165) is 48.6 Å². The largest absolute Gasteiger partial charge is 0.464 e. The summed E-state index contributed by atoms with van der Waals surface area (Å²) in [4.78, 5) is 17.0. The van der Waals surface area contributed by atoms with Crippen LogP contribution >= 0.6 is 0 Å². The van der Waals surface area contributed by atoms with Crippen molar-refractivity contribution >= 4 is 5.91 Å². The molecular weight excluding hydrogens is 324 g/mol. The lowest BCUT2D eigenvalue weighted by molar-refractivity contribution is 0.0664. The minimum Gasteiger partial charge on any atom is -0.464 e. The molecule has 0 saturated carbocycles. The van der Waals surface area contributed by atoms with E-state index in [2.05, 4.69) is 24.1 Å². The van der Waals surface area contributed by atoms with Gasteiger partial charge in [0.2, 0.25) is 0 Å². The van der Waals surface area contributed by atoms with Gasteiger partial charge in [0.25, 0.3) is 5.91 Å². The summed E-state index contributed by atoms with van der Waals surface area (Å²) < 4.78 is 5.77. The van der Waals surface area contributed by atoms with Crippen LogP contribution < -0.4 is 0 Å². The number of benzene rings is 2. The van der Waals surface area contributed by atoms with Gasteiger partial charge in [-0.3, -0.25) is 4.79 Å². The van der Waals surface area contributed by atoms with Crippen molar-refractivity contribution in [3.63, 3.8) is 0 Å². The molecule has 132 valence electrons. The molecule has 2 heterocycles. The zero-order valence-electron chi connectivity index (χ0n) is 14.9. The summed E-state index contributed by atoms with van der Waals surface area (Å²) in [7, 11) is 2.09. The van der Waals surface area contributed by atoms with Crippen LogP contribution in [0.4, 0.5) is 0 Å². The zero-order valence-corrected chi connectivity index (χ0v) is 14.9. The van der Waals surface area contributed by atoms with Gasteiger partial charge in [-0.05, 0) is 30.8 Å². The molecule has 4 heteroatoms. The lowest BCUT2D eigenvalue weighted by atomic mass is 10.0.